The molecule has 1 saturated heterocycles. The van der Waals surface area contributed by atoms with Crippen LogP contribution in [0.3, 0.4) is 0 Å². The second-order valence-electron chi connectivity index (χ2n) is 6.30. The standard InChI is InChI=1S/C18H22FN3O3S/c1-12-20-14(11-26-12)10-21-5-7-22(8-6-21)17(18(23)24)15-9-13(19)3-4-16(15)25-2/h3-4,9,11,17H,5-8,10H2,1-2H3,(H,23,24)/t17-/m1/s1. The summed E-state index contributed by atoms with van der Waals surface area (Å²) in [7, 11) is 1.46. The molecule has 1 N–H and O–H groups in total. The summed E-state index contributed by atoms with van der Waals surface area (Å²) in [6.07, 6.45) is 0. The second-order valence-corrected chi connectivity index (χ2v) is 7.36. The van der Waals surface area contributed by atoms with Crippen LogP contribution in [0.25, 0.3) is 0 Å². The molecule has 6 nitrogen and oxygen atoms in total. The van der Waals surface area contributed by atoms with Gasteiger partial charge in [0.2, 0.25) is 0 Å². The number of carbonyl (C=O) groups is 1. The average Bonchev–Trinajstić information content (AvgIpc) is 3.01. The van der Waals surface area contributed by atoms with E-state index in [9.17, 15) is 14.3 Å². The lowest BCUT2D eigenvalue weighted by Gasteiger charge is -2.37. The topological polar surface area (TPSA) is 65.9 Å². The number of hydrogen-bond acceptors (Lipinski definition) is 6. The Hall–Kier alpha value is -2.03. The Morgan fingerprint density at radius 3 is 2.69 bits per heavy atom. The number of rotatable bonds is 6. The Kier molecular flexibility index (Phi) is 5.85. The Morgan fingerprint density at radius 2 is 2.12 bits per heavy atom. The largest absolute Gasteiger partial charge is 0.496 e. The number of carboxylic acid groups (broad SMARTS) is 1. The van der Waals surface area contributed by atoms with Crippen molar-refractivity contribution in [2.75, 3.05) is 33.3 Å². The van der Waals surface area contributed by atoms with E-state index in [-0.39, 0.29) is 0 Å². The van der Waals surface area contributed by atoms with Gasteiger partial charge in [-0.3, -0.25) is 14.6 Å². The van der Waals surface area contributed by atoms with Gasteiger partial charge in [0.1, 0.15) is 17.6 Å². The number of carboxylic acids is 1. The lowest BCUT2D eigenvalue weighted by atomic mass is 10.0. The van der Waals surface area contributed by atoms with Crippen molar-refractivity contribution >= 4 is 17.3 Å². The highest BCUT2D eigenvalue weighted by Crippen LogP contribution is 2.31. The first-order valence-electron chi connectivity index (χ1n) is 8.41. The second kappa shape index (κ2) is 8.11. The molecule has 2 aromatic rings. The fraction of sp³-hybridized carbons (Fsp3) is 0.444. The summed E-state index contributed by atoms with van der Waals surface area (Å²) in [6.45, 7) is 5.38. The fourth-order valence-corrected chi connectivity index (χ4v) is 3.90. The minimum Gasteiger partial charge on any atom is -0.496 e. The SMILES string of the molecule is COc1ccc(F)cc1[C@H](C(=O)O)N1CCN(Cc2csc(C)n2)CC1. The molecule has 0 unspecified atom stereocenters. The van der Waals surface area contributed by atoms with Crippen LogP contribution in [0, 0.1) is 12.7 Å². The number of methoxy groups -OCH3 is 1. The number of halogens is 1. The molecule has 0 aliphatic carbocycles. The average molecular weight is 379 g/mol. The van der Waals surface area contributed by atoms with E-state index in [1.807, 2.05) is 11.8 Å². The lowest BCUT2D eigenvalue weighted by molar-refractivity contribution is -0.144. The fourth-order valence-electron chi connectivity index (χ4n) is 3.29. The maximum atomic E-state index is 13.7. The van der Waals surface area contributed by atoms with E-state index < -0.39 is 17.8 Å². The molecule has 1 aromatic heterocycles. The molecule has 0 radical (unpaired) electrons. The van der Waals surface area contributed by atoms with E-state index >= 15 is 0 Å². The number of benzene rings is 1. The Balaban J connectivity index is 1.71. The molecule has 0 bridgehead atoms. The van der Waals surface area contributed by atoms with E-state index in [0.29, 0.717) is 24.4 Å². The van der Waals surface area contributed by atoms with Crippen LogP contribution in [0.5, 0.6) is 5.75 Å². The van der Waals surface area contributed by atoms with Crippen molar-refractivity contribution in [3.05, 3.63) is 45.7 Å². The van der Waals surface area contributed by atoms with Gasteiger partial charge in [0.05, 0.1) is 17.8 Å². The van der Waals surface area contributed by atoms with Crippen molar-refractivity contribution in [3.63, 3.8) is 0 Å². The number of hydrogen-bond donors (Lipinski definition) is 1. The molecule has 140 valence electrons. The van der Waals surface area contributed by atoms with Crippen LogP contribution in [0.2, 0.25) is 0 Å². The molecule has 2 heterocycles. The third kappa shape index (κ3) is 4.20. The van der Waals surface area contributed by atoms with Gasteiger partial charge >= 0.3 is 5.97 Å². The first-order chi connectivity index (χ1) is 12.5. The van der Waals surface area contributed by atoms with Crippen molar-refractivity contribution in [2.24, 2.45) is 0 Å². The van der Waals surface area contributed by atoms with Gasteiger partial charge in [-0.15, -0.1) is 11.3 Å². The first-order valence-corrected chi connectivity index (χ1v) is 9.29. The van der Waals surface area contributed by atoms with Gasteiger partial charge in [-0.05, 0) is 25.1 Å². The predicted molar refractivity (Wildman–Crippen MR) is 97.0 cm³/mol. The van der Waals surface area contributed by atoms with Crippen LogP contribution in [0.1, 0.15) is 22.3 Å². The number of aryl methyl sites for hydroxylation is 1. The maximum absolute atomic E-state index is 13.7. The Morgan fingerprint density at radius 1 is 1.38 bits per heavy atom. The van der Waals surface area contributed by atoms with E-state index in [2.05, 4.69) is 15.3 Å². The van der Waals surface area contributed by atoms with Gasteiger partial charge in [0.25, 0.3) is 0 Å². The highest BCUT2D eigenvalue weighted by molar-refractivity contribution is 7.09. The van der Waals surface area contributed by atoms with Gasteiger partial charge in [-0.2, -0.15) is 0 Å². The highest BCUT2D eigenvalue weighted by atomic mass is 32.1. The molecule has 1 aromatic carbocycles. The third-order valence-electron chi connectivity index (χ3n) is 4.54. The first kappa shape index (κ1) is 18.8. The van der Waals surface area contributed by atoms with Gasteiger partial charge < -0.3 is 9.84 Å². The summed E-state index contributed by atoms with van der Waals surface area (Å²) in [6, 6.07) is 3.07. The van der Waals surface area contributed by atoms with Crippen molar-refractivity contribution < 1.29 is 19.0 Å². The summed E-state index contributed by atoms with van der Waals surface area (Å²) < 4.78 is 19.0. The van der Waals surface area contributed by atoms with E-state index in [1.54, 1.807) is 11.3 Å². The number of nitrogens with zero attached hydrogens (tertiary/aromatic N) is 3. The van der Waals surface area contributed by atoms with Crippen LogP contribution in [0.4, 0.5) is 4.39 Å². The maximum Gasteiger partial charge on any atom is 0.325 e. The summed E-state index contributed by atoms with van der Waals surface area (Å²) in [5.41, 5.74) is 1.39. The monoisotopic (exact) mass is 379 g/mol. The summed E-state index contributed by atoms with van der Waals surface area (Å²) in [5, 5.41) is 12.9. The molecule has 0 saturated carbocycles. The molecule has 1 fully saturated rings. The molecule has 0 amide bonds. The lowest BCUT2D eigenvalue weighted by Crippen LogP contribution is -2.49. The van der Waals surface area contributed by atoms with E-state index in [0.717, 1.165) is 30.3 Å². The van der Waals surface area contributed by atoms with Crippen LogP contribution in [0.15, 0.2) is 23.6 Å². The number of thiazole rings is 1. The zero-order valence-electron chi connectivity index (χ0n) is 14.8. The van der Waals surface area contributed by atoms with Crippen LogP contribution in [-0.2, 0) is 11.3 Å². The molecule has 1 aliphatic rings. The van der Waals surface area contributed by atoms with Crippen LogP contribution in [-0.4, -0.2) is 59.1 Å². The summed E-state index contributed by atoms with van der Waals surface area (Å²) in [4.78, 5) is 20.5. The molecule has 1 atom stereocenters. The number of aromatic nitrogens is 1. The molecule has 26 heavy (non-hydrogen) atoms. The molecule has 3 rings (SSSR count). The normalized spacial score (nSPS) is 17.2. The third-order valence-corrected chi connectivity index (χ3v) is 5.37. The Bertz CT molecular complexity index is 775. The molecular weight excluding hydrogens is 357 g/mol. The van der Waals surface area contributed by atoms with Gasteiger partial charge in [0, 0.05) is 43.7 Å². The number of aliphatic carboxylic acids is 1. The van der Waals surface area contributed by atoms with E-state index in [1.165, 1.54) is 25.3 Å². The predicted octanol–water partition coefficient (Wildman–Crippen LogP) is 2.54. The quantitative estimate of drug-likeness (QED) is 0.832. The zero-order chi connectivity index (χ0) is 18.7. The number of piperazine rings is 1. The van der Waals surface area contributed by atoms with Crippen molar-refractivity contribution in [1.82, 2.24) is 14.8 Å². The minimum atomic E-state index is -1.00. The molecule has 0 spiro atoms. The minimum absolute atomic E-state index is 0.351. The summed E-state index contributed by atoms with van der Waals surface area (Å²) in [5.74, 6) is -1.08. The summed E-state index contributed by atoms with van der Waals surface area (Å²) >= 11 is 1.63. The van der Waals surface area contributed by atoms with Gasteiger partial charge in [-0.25, -0.2) is 9.37 Å². The zero-order valence-corrected chi connectivity index (χ0v) is 15.6. The van der Waals surface area contributed by atoms with Crippen LogP contribution >= 0.6 is 11.3 Å². The van der Waals surface area contributed by atoms with Gasteiger partial charge in [0.15, 0.2) is 0 Å². The number of ether oxygens (including phenoxy) is 1. The molecule has 8 heteroatoms. The van der Waals surface area contributed by atoms with Crippen molar-refractivity contribution in [2.45, 2.75) is 19.5 Å². The molecule has 1 aliphatic heterocycles. The molecular formula is C18H22FN3O3S. The van der Waals surface area contributed by atoms with Crippen LogP contribution < -0.4 is 4.74 Å². The van der Waals surface area contributed by atoms with Gasteiger partial charge in [-0.1, -0.05) is 0 Å². The smallest absolute Gasteiger partial charge is 0.325 e. The van der Waals surface area contributed by atoms with E-state index in [4.69, 9.17) is 4.74 Å². The highest BCUT2D eigenvalue weighted by Gasteiger charge is 2.32. The van der Waals surface area contributed by atoms with Crippen molar-refractivity contribution in [1.29, 1.82) is 0 Å². The Labute approximate surface area is 155 Å². The van der Waals surface area contributed by atoms with Crippen molar-refractivity contribution in [3.8, 4) is 5.75 Å².